The van der Waals surface area contributed by atoms with E-state index in [1.807, 2.05) is 13.0 Å². The van der Waals surface area contributed by atoms with Crippen LogP contribution >= 0.6 is 11.6 Å². The van der Waals surface area contributed by atoms with Crippen LogP contribution in [0, 0.1) is 12.7 Å². The van der Waals surface area contributed by atoms with E-state index in [0.29, 0.717) is 22.7 Å². The summed E-state index contributed by atoms with van der Waals surface area (Å²) in [5, 5.41) is -0.267. The van der Waals surface area contributed by atoms with Gasteiger partial charge in [0.1, 0.15) is 17.3 Å². The number of aryl methyl sites for hydroxylation is 1. The molecule has 1 atom stereocenters. The third kappa shape index (κ3) is 4.62. The van der Waals surface area contributed by atoms with E-state index in [1.54, 1.807) is 43.3 Å². The van der Waals surface area contributed by atoms with Crippen LogP contribution in [0.3, 0.4) is 0 Å². The van der Waals surface area contributed by atoms with Crippen LogP contribution in [-0.4, -0.2) is 22.6 Å². The Hall–Kier alpha value is -2.77. The Labute approximate surface area is 187 Å². The highest BCUT2D eigenvalue weighted by Crippen LogP contribution is 2.39. The lowest BCUT2D eigenvalue weighted by atomic mass is 10.1. The first kappa shape index (κ1) is 22.9. The van der Waals surface area contributed by atoms with E-state index < -0.39 is 21.9 Å². The molecule has 0 saturated carbocycles. The second-order valence-corrected chi connectivity index (χ2v) is 9.22. The molecular formula is C23H23ClFNO4S. The molecule has 0 aromatic heterocycles. The van der Waals surface area contributed by atoms with E-state index in [-0.39, 0.29) is 9.92 Å². The summed E-state index contributed by atoms with van der Waals surface area (Å²) >= 11 is 5.89. The molecule has 3 rings (SSSR count). The van der Waals surface area contributed by atoms with Gasteiger partial charge >= 0.3 is 0 Å². The van der Waals surface area contributed by atoms with Crippen LogP contribution in [0.1, 0.15) is 24.1 Å². The zero-order valence-electron chi connectivity index (χ0n) is 17.6. The lowest BCUT2D eigenvalue weighted by Crippen LogP contribution is -2.34. The summed E-state index contributed by atoms with van der Waals surface area (Å²) in [5.74, 6) is 0.387. The third-order valence-corrected chi connectivity index (χ3v) is 7.13. The number of halogens is 2. The van der Waals surface area contributed by atoms with Crippen molar-refractivity contribution in [3.8, 4) is 11.5 Å². The normalized spacial score (nSPS) is 12.3. The van der Waals surface area contributed by atoms with Gasteiger partial charge in [0.2, 0.25) is 0 Å². The summed E-state index contributed by atoms with van der Waals surface area (Å²) in [7, 11) is -1.07. The molecule has 0 spiro atoms. The molecule has 3 aromatic carbocycles. The fraction of sp³-hybridized carbons (Fsp3) is 0.217. The average Bonchev–Trinajstić information content (AvgIpc) is 2.75. The van der Waals surface area contributed by atoms with Gasteiger partial charge in [0, 0.05) is 5.56 Å². The van der Waals surface area contributed by atoms with Crippen molar-refractivity contribution in [2.24, 2.45) is 0 Å². The molecule has 164 valence electrons. The molecule has 0 bridgehead atoms. The first-order chi connectivity index (χ1) is 14.7. The van der Waals surface area contributed by atoms with E-state index in [9.17, 15) is 12.8 Å². The molecule has 5 nitrogen and oxygen atoms in total. The molecule has 0 saturated heterocycles. The number of hydrogen-bond acceptors (Lipinski definition) is 4. The van der Waals surface area contributed by atoms with Crippen molar-refractivity contribution in [1.29, 1.82) is 0 Å². The lowest BCUT2D eigenvalue weighted by Gasteiger charge is -2.32. The van der Waals surface area contributed by atoms with Gasteiger partial charge in [-0.15, -0.1) is 0 Å². The first-order valence-electron chi connectivity index (χ1n) is 9.47. The van der Waals surface area contributed by atoms with Crippen LogP contribution in [0.25, 0.3) is 0 Å². The van der Waals surface area contributed by atoms with Crippen LogP contribution < -0.4 is 13.8 Å². The number of anilines is 1. The molecule has 0 radical (unpaired) electrons. The maximum Gasteiger partial charge on any atom is 0.264 e. The Morgan fingerprint density at radius 3 is 2.35 bits per heavy atom. The molecule has 0 aliphatic heterocycles. The molecule has 0 fully saturated rings. The fourth-order valence-corrected chi connectivity index (χ4v) is 5.28. The number of rotatable bonds is 7. The molecule has 0 amide bonds. The molecular weight excluding hydrogens is 441 g/mol. The summed E-state index contributed by atoms with van der Waals surface area (Å²) in [6, 6.07) is 15.0. The third-order valence-electron chi connectivity index (χ3n) is 4.94. The van der Waals surface area contributed by atoms with Crippen LogP contribution in [0.5, 0.6) is 11.5 Å². The van der Waals surface area contributed by atoms with Gasteiger partial charge in [0.15, 0.2) is 0 Å². The molecule has 0 heterocycles. The van der Waals surface area contributed by atoms with E-state index in [0.717, 1.165) is 17.7 Å². The van der Waals surface area contributed by atoms with E-state index in [4.69, 9.17) is 21.1 Å². The number of benzene rings is 3. The van der Waals surface area contributed by atoms with E-state index >= 15 is 0 Å². The van der Waals surface area contributed by atoms with Crippen molar-refractivity contribution in [2.75, 3.05) is 18.5 Å². The minimum absolute atomic E-state index is 0.117. The van der Waals surface area contributed by atoms with Crippen LogP contribution in [0.2, 0.25) is 5.02 Å². The van der Waals surface area contributed by atoms with E-state index in [1.165, 1.54) is 24.6 Å². The van der Waals surface area contributed by atoms with Crippen LogP contribution in [0.4, 0.5) is 10.1 Å². The van der Waals surface area contributed by atoms with Gasteiger partial charge in [-0.25, -0.2) is 12.8 Å². The van der Waals surface area contributed by atoms with Crippen LogP contribution in [-0.2, 0) is 10.0 Å². The predicted octanol–water partition coefficient (Wildman–Crippen LogP) is 5.76. The molecule has 0 aliphatic carbocycles. The number of sulfonamides is 1. The highest BCUT2D eigenvalue weighted by molar-refractivity contribution is 7.92. The smallest absolute Gasteiger partial charge is 0.264 e. The van der Waals surface area contributed by atoms with Crippen molar-refractivity contribution >= 4 is 27.3 Å². The monoisotopic (exact) mass is 463 g/mol. The van der Waals surface area contributed by atoms with E-state index in [2.05, 4.69) is 0 Å². The van der Waals surface area contributed by atoms with Crippen molar-refractivity contribution in [3.63, 3.8) is 0 Å². The Kier molecular flexibility index (Phi) is 6.77. The second kappa shape index (κ2) is 9.16. The SMILES string of the molecule is COc1ccc(OC)c(C(C)N(c2cccc(C)c2)S(=O)(=O)c2ccc(F)c(Cl)c2)c1. The summed E-state index contributed by atoms with van der Waals surface area (Å²) in [6.07, 6.45) is 0. The minimum Gasteiger partial charge on any atom is -0.497 e. The van der Waals surface area contributed by atoms with Gasteiger partial charge < -0.3 is 9.47 Å². The standard InChI is InChI=1S/C23H23ClFNO4S/c1-15-6-5-7-17(12-15)26(31(27,28)19-9-10-22(25)21(24)14-19)16(2)20-13-18(29-3)8-11-23(20)30-4/h5-14,16H,1-4H3. The zero-order chi connectivity index (χ0) is 22.8. The molecule has 0 N–H and O–H groups in total. The van der Waals surface area contributed by atoms with Gasteiger partial charge in [0.25, 0.3) is 10.0 Å². The highest BCUT2D eigenvalue weighted by atomic mass is 35.5. The summed E-state index contributed by atoms with van der Waals surface area (Å²) < 4.78 is 53.3. The summed E-state index contributed by atoms with van der Waals surface area (Å²) in [4.78, 5) is -0.117. The fourth-order valence-electron chi connectivity index (χ4n) is 3.38. The maximum absolute atomic E-state index is 13.7. The molecule has 1 unspecified atom stereocenters. The maximum atomic E-state index is 13.7. The summed E-state index contributed by atoms with van der Waals surface area (Å²) in [5.41, 5.74) is 1.96. The molecule has 8 heteroatoms. The Morgan fingerprint density at radius 2 is 1.74 bits per heavy atom. The summed E-state index contributed by atoms with van der Waals surface area (Å²) in [6.45, 7) is 3.63. The first-order valence-corrected chi connectivity index (χ1v) is 11.3. The molecule has 3 aromatic rings. The van der Waals surface area contributed by atoms with Crippen molar-refractivity contribution in [1.82, 2.24) is 0 Å². The number of hydrogen-bond donors (Lipinski definition) is 0. The van der Waals surface area contributed by atoms with Crippen molar-refractivity contribution in [2.45, 2.75) is 24.8 Å². The Morgan fingerprint density at radius 1 is 1.00 bits per heavy atom. The van der Waals surface area contributed by atoms with Gasteiger partial charge in [-0.05, 0) is 67.9 Å². The molecule has 31 heavy (non-hydrogen) atoms. The Balaban J connectivity index is 2.24. The average molecular weight is 464 g/mol. The topological polar surface area (TPSA) is 55.8 Å². The number of ether oxygens (including phenoxy) is 2. The largest absolute Gasteiger partial charge is 0.497 e. The zero-order valence-corrected chi connectivity index (χ0v) is 19.2. The quantitative estimate of drug-likeness (QED) is 0.447. The minimum atomic E-state index is -4.12. The van der Waals surface area contributed by atoms with Crippen molar-refractivity contribution < 1.29 is 22.3 Å². The predicted molar refractivity (Wildman–Crippen MR) is 120 cm³/mol. The lowest BCUT2D eigenvalue weighted by molar-refractivity contribution is 0.396. The molecule has 0 aliphatic rings. The van der Waals surface area contributed by atoms with Gasteiger partial charge in [-0.1, -0.05) is 23.7 Å². The Bertz CT molecular complexity index is 1200. The number of nitrogens with zero attached hydrogens (tertiary/aromatic N) is 1. The van der Waals surface area contributed by atoms with Gasteiger partial charge in [0.05, 0.1) is 35.9 Å². The van der Waals surface area contributed by atoms with Gasteiger partial charge in [-0.2, -0.15) is 0 Å². The van der Waals surface area contributed by atoms with Crippen LogP contribution in [0.15, 0.2) is 65.6 Å². The highest BCUT2D eigenvalue weighted by Gasteiger charge is 2.32. The van der Waals surface area contributed by atoms with Gasteiger partial charge in [-0.3, -0.25) is 4.31 Å². The second-order valence-electron chi connectivity index (χ2n) is 7.00. The van der Waals surface area contributed by atoms with Crippen molar-refractivity contribution in [3.05, 3.63) is 82.6 Å². The number of methoxy groups -OCH3 is 2.